The van der Waals surface area contributed by atoms with Crippen molar-refractivity contribution in [1.82, 2.24) is 10.2 Å². The molecule has 1 aliphatic carbocycles. The summed E-state index contributed by atoms with van der Waals surface area (Å²) in [5.41, 5.74) is 2.08. The monoisotopic (exact) mass is 318 g/mol. The molecule has 0 unspecified atom stereocenters. The van der Waals surface area contributed by atoms with E-state index in [-0.39, 0.29) is 17.9 Å². The number of hydrogen-bond acceptors (Lipinski definition) is 3. The molecule has 23 heavy (non-hydrogen) atoms. The maximum Gasteiger partial charge on any atom is 0.222 e. The average molecular weight is 318 g/mol. The first-order chi connectivity index (χ1) is 11.1. The predicted molar refractivity (Wildman–Crippen MR) is 88.8 cm³/mol. The second-order valence-electron chi connectivity index (χ2n) is 5.94. The molecule has 1 aliphatic rings. The van der Waals surface area contributed by atoms with Gasteiger partial charge >= 0.3 is 0 Å². The van der Waals surface area contributed by atoms with Crippen molar-refractivity contribution >= 4 is 11.8 Å². The second-order valence-corrected chi connectivity index (χ2v) is 5.94. The van der Waals surface area contributed by atoms with Gasteiger partial charge in [-0.25, -0.2) is 0 Å². The van der Waals surface area contributed by atoms with E-state index in [0.29, 0.717) is 38.8 Å². The average Bonchev–Trinajstić information content (AvgIpc) is 2.84. The van der Waals surface area contributed by atoms with Crippen LogP contribution in [0.15, 0.2) is 24.3 Å². The van der Waals surface area contributed by atoms with Crippen LogP contribution in [-0.2, 0) is 16.0 Å². The molecule has 2 amide bonds. The molecular weight excluding hydrogens is 292 g/mol. The fourth-order valence-electron chi connectivity index (χ4n) is 3.13. The molecule has 0 aliphatic heterocycles. The lowest BCUT2D eigenvalue weighted by atomic mass is 10.1. The second kappa shape index (κ2) is 8.11. The van der Waals surface area contributed by atoms with Gasteiger partial charge in [0.05, 0.1) is 12.1 Å². The Bertz CT molecular complexity index is 555. The molecule has 5 heteroatoms. The van der Waals surface area contributed by atoms with E-state index >= 15 is 0 Å². The van der Waals surface area contributed by atoms with Crippen molar-refractivity contribution in [2.45, 2.75) is 51.7 Å². The summed E-state index contributed by atoms with van der Waals surface area (Å²) in [6, 6.07) is 7.44. The molecule has 2 N–H and O–H groups in total. The molecule has 0 bridgehead atoms. The molecular formula is C18H26N2O3. The van der Waals surface area contributed by atoms with Crippen molar-refractivity contribution in [3.8, 4) is 0 Å². The fraction of sp³-hybridized carbons (Fsp3) is 0.556. The van der Waals surface area contributed by atoms with Gasteiger partial charge in [0.25, 0.3) is 0 Å². The van der Waals surface area contributed by atoms with Gasteiger partial charge in [-0.3, -0.25) is 9.59 Å². The molecule has 0 fully saturated rings. The van der Waals surface area contributed by atoms with Gasteiger partial charge < -0.3 is 15.3 Å². The number of aliphatic hydroxyl groups excluding tert-OH is 1. The zero-order valence-corrected chi connectivity index (χ0v) is 13.9. The molecule has 0 saturated heterocycles. The summed E-state index contributed by atoms with van der Waals surface area (Å²) in [6.45, 7) is 5.30. The molecule has 1 aromatic rings. The topological polar surface area (TPSA) is 69.6 Å². The highest BCUT2D eigenvalue weighted by molar-refractivity contribution is 5.79. The third-order valence-corrected chi connectivity index (χ3v) is 4.43. The van der Waals surface area contributed by atoms with Crippen molar-refractivity contribution in [2.75, 3.05) is 13.1 Å². The first-order valence-electron chi connectivity index (χ1n) is 8.39. The summed E-state index contributed by atoms with van der Waals surface area (Å²) in [5.74, 6) is -0.0212. The Morgan fingerprint density at radius 3 is 2.61 bits per heavy atom. The number of nitrogens with zero attached hydrogens (tertiary/aromatic N) is 1. The maximum atomic E-state index is 12.1. The summed E-state index contributed by atoms with van der Waals surface area (Å²) in [4.78, 5) is 25.8. The molecule has 126 valence electrons. The third-order valence-electron chi connectivity index (χ3n) is 4.43. The van der Waals surface area contributed by atoms with E-state index in [2.05, 4.69) is 5.32 Å². The fourth-order valence-corrected chi connectivity index (χ4v) is 3.13. The van der Waals surface area contributed by atoms with Gasteiger partial charge in [0.1, 0.15) is 0 Å². The van der Waals surface area contributed by atoms with E-state index < -0.39 is 6.10 Å². The number of benzene rings is 1. The van der Waals surface area contributed by atoms with E-state index in [4.69, 9.17) is 0 Å². The van der Waals surface area contributed by atoms with Crippen LogP contribution in [0, 0.1) is 0 Å². The van der Waals surface area contributed by atoms with E-state index in [1.165, 1.54) is 0 Å². The van der Waals surface area contributed by atoms with Crippen LogP contribution >= 0.6 is 0 Å². The van der Waals surface area contributed by atoms with Gasteiger partial charge in [-0.05, 0) is 31.4 Å². The molecule has 0 aromatic heterocycles. The summed E-state index contributed by atoms with van der Waals surface area (Å²) >= 11 is 0. The van der Waals surface area contributed by atoms with Crippen molar-refractivity contribution < 1.29 is 14.7 Å². The van der Waals surface area contributed by atoms with Gasteiger partial charge in [0.15, 0.2) is 0 Å². The quantitative estimate of drug-likeness (QED) is 0.805. The highest BCUT2D eigenvalue weighted by Crippen LogP contribution is 2.31. The standard InChI is InChI=1S/C18H26N2O3/c1-3-20(4-2)17(23)11-7-10-16(22)19-18-14-9-6-5-8-13(14)12-15(18)21/h5-6,8-9,15,18,21H,3-4,7,10-12H2,1-2H3,(H,19,22)/t15-,18+/m1/s1. The summed E-state index contributed by atoms with van der Waals surface area (Å²) in [5, 5.41) is 13.0. The normalized spacial score (nSPS) is 19.3. The predicted octanol–water partition coefficient (Wildman–Crippen LogP) is 1.80. The first-order valence-corrected chi connectivity index (χ1v) is 8.39. The minimum atomic E-state index is -0.575. The van der Waals surface area contributed by atoms with Gasteiger partial charge in [0, 0.05) is 32.4 Å². The number of fused-ring (bicyclic) bond motifs is 1. The van der Waals surface area contributed by atoms with Gasteiger partial charge in [-0.2, -0.15) is 0 Å². The lowest BCUT2D eigenvalue weighted by molar-refractivity contribution is -0.131. The lowest BCUT2D eigenvalue weighted by Crippen LogP contribution is -2.34. The van der Waals surface area contributed by atoms with Crippen LogP contribution in [0.3, 0.4) is 0 Å². The number of hydrogen-bond donors (Lipinski definition) is 2. The highest BCUT2D eigenvalue weighted by atomic mass is 16.3. The Kier molecular flexibility index (Phi) is 6.16. The van der Waals surface area contributed by atoms with Crippen molar-refractivity contribution in [3.05, 3.63) is 35.4 Å². The Balaban J connectivity index is 1.81. The molecule has 0 radical (unpaired) electrons. The summed E-state index contributed by atoms with van der Waals surface area (Å²) in [6.07, 6.45) is 1.22. The van der Waals surface area contributed by atoms with Crippen LogP contribution in [0.4, 0.5) is 0 Å². The molecule has 5 nitrogen and oxygen atoms in total. The zero-order valence-electron chi connectivity index (χ0n) is 13.9. The van der Waals surface area contributed by atoms with Crippen LogP contribution < -0.4 is 5.32 Å². The van der Waals surface area contributed by atoms with E-state index in [1.807, 2.05) is 38.1 Å². The Morgan fingerprint density at radius 2 is 1.91 bits per heavy atom. The van der Waals surface area contributed by atoms with Crippen molar-refractivity contribution in [2.24, 2.45) is 0 Å². The number of rotatable bonds is 7. The van der Waals surface area contributed by atoms with Crippen LogP contribution in [0.1, 0.15) is 50.3 Å². The number of carbonyl (C=O) groups excluding carboxylic acids is 2. The summed E-state index contributed by atoms with van der Waals surface area (Å²) in [7, 11) is 0. The first kappa shape index (κ1) is 17.5. The van der Waals surface area contributed by atoms with Crippen molar-refractivity contribution in [1.29, 1.82) is 0 Å². The molecule has 0 spiro atoms. The SMILES string of the molecule is CCN(CC)C(=O)CCCC(=O)N[C@H]1c2ccccc2C[C@H]1O. The molecule has 2 rings (SSSR count). The van der Waals surface area contributed by atoms with Crippen molar-refractivity contribution in [3.63, 3.8) is 0 Å². The Labute approximate surface area is 137 Å². The van der Waals surface area contributed by atoms with E-state index in [1.54, 1.807) is 4.90 Å². The smallest absolute Gasteiger partial charge is 0.222 e. The number of aliphatic hydroxyl groups is 1. The van der Waals surface area contributed by atoms with Gasteiger partial charge in [-0.1, -0.05) is 24.3 Å². The highest BCUT2D eigenvalue weighted by Gasteiger charge is 2.31. The van der Waals surface area contributed by atoms with Crippen LogP contribution in [-0.4, -0.2) is 41.0 Å². The largest absolute Gasteiger partial charge is 0.390 e. The minimum Gasteiger partial charge on any atom is -0.390 e. The summed E-state index contributed by atoms with van der Waals surface area (Å²) < 4.78 is 0. The lowest BCUT2D eigenvalue weighted by Gasteiger charge is -2.19. The van der Waals surface area contributed by atoms with E-state index in [0.717, 1.165) is 11.1 Å². The minimum absolute atomic E-state index is 0.0917. The molecule has 1 aromatic carbocycles. The van der Waals surface area contributed by atoms with Gasteiger partial charge in [0.2, 0.25) is 11.8 Å². The number of amides is 2. The number of nitrogens with one attached hydrogen (secondary N) is 1. The van der Waals surface area contributed by atoms with E-state index in [9.17, 15) is 14.7 Å². The third kappa shape index (κ3) is 4.32. The molecule has 2 atom stereocenters. The Morgan fingerprint density at radius 1 is 1.22 bits per heavy atom. The zero-order chi connectivity index (χ0) is 16.8. The maximum absolute atomic E-state index is 12.1. The van der Waals surface area contributed by atoms with Crippen LogP contribution in [0.2, 0.25) is 0 Å². The number of carbonyl (C=O) groups is 2. The van der Waals surface area contributed by atoms with Crippen LogP contribution in [0.25, 0.3) is 0 Å². The van der Waals surface area contributed by atoms with Gasteiger partial charge in [-0.15, -0.1) is 0 Å². The Hall–Kier alpha value is -1.88. The van der Waals surface area contributed by atoms with Crippen LogP contribution in [0.5, 0.6) is 0 Å². The molecule has 0 saturated carbocycles. The molecule has 0 heterocycles.